The number of hydrogen-bond acceptors (Lipinski definition) is 4. The van der Waals surface area contributed by atoms with E-state index in [2.05, 4.69) is 54.2 Å². The van der Waals surface area contributed by atoms with Gasteiger partial charge in [-0.05, 0) is 32.2 Å². The van der Waals surface area contributed by atoms with Gasteiger partial charge in [0.1, 0.15) is 0 Å². The van der Waals surface area contributed by atoms with Gasteiger partial charge in [-0.2, -0.15) is 5.10 Å². The second kappa shape index (κ2) is 9.06. The van der Waals surface area contributed by atoms with Gasteiger partial charge in [-0.15, -0.1) is 0 Å². The minimum atomic E-state index is 0.200. The molecule has 0 bridgehead atoms. The van der Waals surface area contributed by atoms with Crippen molar-refractivity contribution >= 4 is 5.96 Å². The number of aryl methyl sites for hydroxylation is 1. The average Bonchev–Trinajstić information content (AvgIpc) is 3.24. The van der Waals surface area contributed by atoms with Crippen molar-refractivity contribution in [1.82, 2.24) is 24.9 Å². The van der Waals surface area contributed by atoms with Crippen LogP contribution in [0.1, 0.15) is 50.8 Å². The Morgan fingerprint density at radius 3 is 3.04 bits per heavy atom. The van der Waals surface area contributed by atoms with E-state index in [0.29, 0.717) is 18.5 Å². The summed E-state index contributed by atoms with van der Waals surface area (Å²) in [7, 11) is 4.08. The van der Waals surface area contributed by atoms with Gasteiger partial charge in [-0.1, -0.05) is 13.8 Å². The molecule has 2 unspecified atom stereocenters. The zero-order valence-electron chi connectivity index (χ0n) is 17.6. The molecule has 0 aromatic carbocycles. The van der Waals surface area contributed by atoms with E-state index in [1.165, 1.54) is 24.9 Å². The summed E-state index contributed by atoms with van der Waals surface area (Å²) in [5.74, 6) is 1.35. The summed E-state index contributed by atoms with van der Waals surface area (Å²) in [5.41, 5.74) is 2.42. The first-order valence-corrected chi connectivity index (χ1v) is 10.4. The van der Waals surface area contributed by atoms with Crippen LogP contribution in [0.3, 0.4) is 0 Å². The number of nitrogens with one attached hydrogen (secondary N) is 1. The van der Waals surface area contributed by atoms with Crippen molar-refractivity contribution in [3.8, 4) is 0 Å². The Hall–Kier alpha value is -1.60. The summed E-state index contributed by atoms with van der Waals surface area (Å²) in [4.78, 5) is 9.64. The molecular weight excluding hydrogens is 340 g/mol. The molecule has 0 spiro atoms. The van der Waals surface area contributed by atoms with Crippen LogP contribution in [0.4, 0.5) is 0 Å². The fourth-order valence-electron chi connectivity index (χ4n) is 4.15. The monoisotopic (exact) mass is 376 g/mol. The van der Waals surface area contributed by atoms with E-state index in [4.69, 9.17) is 9.73 Å². The van der Waals surface area contributed by atoms with Crippen LogP contribution in [0.25, 0.3) is 0 Å². The van der Waals surface area contributed by atoms with Crippen LogP contribution in [-0.4, -0.2) is 77.5 Å². The lowest BCUT2D eigenvalue weighted by Gasteiger charge is -2.34. The highest BCUT2D eigenvalue weighted by Crippen LogP contribution is 2.23. The normalized spacial score (nSPS) is 23.7. The lowest BCUT2D eigenvalue weighted by Crippen LogP contribution is -2.47. The summed E-state index contributed by atoms with van der Waals surface area (Å²) < 4.78 is 7.97. The second-order valence-electron chi connectivity index (χ2n) is 8.16. The highest BCUT2D eigenvalue weighted by Gasteiger charge is 2.32. The summed E-state index contributed by atoms with van der Waals surface area (Å²) >= 11 is 0. The first-order valence-electron chi connectivity index (χ1n) is 10.4. The molecule has 7 heteroatoms. The lowest BCUT2D eigenvalue weighted by atomic mass is 10.1. The van der Waals surface area contributed by atoms with Crippen molar-refractivity contribution < 1.29 is 4.74 Å². The third-order valence-electron chi connectivity index (χ3n) is 5.49. The highest BCUT2D eigenvalue weighted by molar-refractivity contribution is 5.79. The van der Waals surface area contributed by atoms with Crippen molar-refractivity contribution in [1.29, 1.82) is 0 Å². The smallest absolute Gasteiger partial charge is 0.194 e. The topological polar surface area (TPSA) is 57.9 Å². The Morgan fingerprint density at radius 2 is 2.30 bits per heavy atom. The fraction of sp³-hybridized carbons (Fsp3) is 0.800. The second-order valence-corrected chi connectivity index (χ2v) is 8.16. The van der Waals surface area contributed by atoms with Crippen molar-refractivity contribution in [2.24, 2.45) is 12.0 Å². The van der Waals surface area contributed by atoms with Crippen LogP contribution in [0.5, 0.6) is 0 Å². The van der Waals surface area contributed by atoms with E-state index < -0.39 is 0 Å². The molecular formula is C20H36N6O. The molecule has 2 atom stereocenters. The standard InChI is InChI=1S/C20H36N6O/c1-6-21-20(22-10-18-13-26-9-7-8-17(26)14-27-18)24(4)11-16-12-25(5)23-19(16)15(2)3/h12,15,17-18H,6-11,13-14H2,1-5H3,(H,21,22). The third kappa shape index (κ3) is 5.02. The molecule has 1 N–H and O–H groups in total. The molecule has 3 rings (SSSR count). The molecule has 2 fully saturated rings. The maximum atomic E-state index is 6.06. The maximum Gasteiger partial charge on any atom is 0.194 e. The summed E-state index contributed by atoms with van der Waals surface area (Å²) in [5, 5.41) is 8.05. The number of guanidine groups is 1. The van der Waals surface area contributed by atoms with Gasteiger partial charge in [0, 0.05) is 51.5 Å². The van der Waals surface area contributed by atoms with E-state index >= 15 is 0 Å². The molecule has 1 aromatic rings. The molecule has 1 aromatic heterocycles. The molecule has 3 heterocycles. The van der Waals surface area contributed by atoms with Crippen molar-refractivity contribution in [2.75, 3.05) is 39.8 Å². The first kappa shape index (κ1) is 20.1. The number of aromatic nitrogens is 2. The van der Waals surface area contributed by atoms with Gasteiger partial charge < -0.3 is 15.0 Å². The van der Waals surface area contributed by atoms with Gasteiger partial charge in [-0.25, -0.2) is 0 Å². The van der Waals surface area contributed by atoms with Crippen molar-refractivity contribution in [2.45, 2.75) is 58.2 Å². The Bertz CT molecular complexity index is 640. The zero-order valence-corrected chi connectivity index (χ0v) is 17.6. The van der Waals surface area contributed by atoms with Gasteiger partial charge in [-0.3, -0.25) is 14.6 Å². The minimum absolute atomic E-state index is 0.200. The number of morpholine rings is 1. The molecule has 0 saturated carbocycles. The molecule has 0 amide bonds. The molecule has 0 radical (unpaired) electrons. The molecule has 2 aliphatic rings. The number of hydrogen-bond donors (Lipinski definition) is 1. The number of fused-ring (bicyclic) bond motifs is 1. The Kier molecular flexibility index (Phi) is 6.76. The predicted octanol–water partition coefficient (Wildman–Crippen LogP) is 1.80. The molecule has 2 aliphatic heterocycles. The number of nitrogens with zero attached hydrogens (tertiary/aromatic N) is 5. The fourth-order valence-corrected chi connectivity index (χ4v) is 4.15. The van der Waals surface area contributed by atoms with Crippen LogP contribution in [0, 0.1) is 0 Å². The van der Waals surface area contributed by atoms with Gasteiger partial charge in [0.15, 0.2) is 5.96 Å². The molecule has 0 aliphatic carbocycles. The SMILES string of the molecule is CCNC(=NCC1CN2CCCC2CO1)N(C)Cc1cn(C)nc1C(C)C. The number of aliphatic imine (C=N–C) groups is 1. The quantitative estimate of drug-likeness (QED) is 0.606. The zero-order chi connectivity index (χ0) is 19.4. The van der Waals surface area contributed by atoms with Crippen molar-refractivity contribution in [3.63, 3.8) is 0 Å². The Morgan fingerprint density at radius 1 is 1.48 bits per heavy atom. The van der Waals surface area contributed by atoms with Crippen LogP contribution in [0.15, 0.2) is 11.2 Å². The predicted molar refractivity (Wildman–Crippen MR) is 109 cm³/mol. The maximum absolute atomic E-state index is 6.06. The van der Waals surface area contributed by atoms with Crippen LogP contribution in [0.2, 0.25) is 0 Å². The van der Waals surface area contributed by atoms with E-state index in [1.807, 2.05) is 11.7 Å². The third-order valence-corrected chi connectivity index (χ3v) is 5.49. The van der Waals surface area contributed by atoms with Gasteiger partial charge in [0.25, 0.3) is 0 Å². The average molecular weight is 377 g/mol. The van der Waals surface area contributed by atoms with E-state index in [9.17, 15) is 0 Å². The van der Waals surface area contributed by atoms with E-state index in [0.717, 1.165) is 37.9 Å². The molecule has 152 valence electrons. The van der Waals surface area contributed by atoms with Crippen LogP contribution < -0.4 is 5.32 Å². The molecule has 7 nitrogen and oxygen atoms in total. The summed E-state index contributed by atoms with van der Waals surface area (Å²) in [6.45, 7) is 11.9. The Labute approximate surface area is 163 Å². The lowest BCUT2D eigenvalue weighted by molar-refractivity contribution is -0.0432. The number of ether oxygens (including phenoxy) is 1. The van der Waals surface area contributed by atoms with Crippen LogP contribution >= 0.6 is 0 Å². The van der Waals surface area contributed by atoms with E-state index in [1.54, 1.807) is 0 Å². The number of rotatable bonds is 6. The van der Waals surface area contributed by atoms with Crippen molar-refractivity contribution in [3.05, 3.63) is 17.5 Å². The van der Waals surface area contributed by atoms with Gasteiger partial charge in [0.2, 0.25) is 0 Å². The summed E-state index contributed by atoms with van der Waals surface area (Å²) in [6.07, 6.45) is 4.90. The highest BCUT2D eigenvalue weighted by atomic mass is 16.5. The molecule has 2 saturated heterocycles. The summed E-state index contributed by atoms with van der Waals surface area (Å²) in [6, 6.07) is 0.640. The van der Waals surface area contributed by atoms with Gasteiger partial charge in [0.05, 0.1) is 24.9 Å². The minimum Gasteiger partial charge on any atom is -0.373 e. The largest absolute Gasteiger partial charge is 0.373 e. The Balaban J connectivity index is 1.62. The first-order chi connectivity index (χ1) is 13.0. The van der Waals surface area contributed by atoms with Gasteiger partial charge >= 0.3 is 0 Å². The van der Waals surface area contributed by atoms with Crippen LogP contribution in [-0.2, 0) is 18.3 Å². The van der Waals surface area contributed by atoms with E-state index in [-0.39, 0.29) is 6.10 Å². The molecule has 27 heavy (non-hydrogen) atoms.